The van der Waals surface area contributed by atoms with E-state index in [9.17, 15) is 0 Å². The monoisotopic (exact) mass is 361 g/mol. The number of aromatic nitrogens is 2. The summed E-state index contributed by atoms with van der Waals surface area (Å²) in [5, 5.41) is 0. The van der Waals surface area contributed by atoms with Crippen LogP contribution in [0.25, 0.3) is 0 Å². The van der Waals surface area contributed by atoms with E-state index >= 15 is 0 Å². The molecule has 0 spiro atoms. The van der Waals surface area contributed by atoms with Crippen LogP contribution in [0.5, 0.6) is 0 Å². The van der Waals surface area contributed by atoms with Gasteiger partial charge in [0.15, 0.2) is 0 Å². The van der Waals surface area contributed by atoms with E-state index in [0.29, 0.717) is 0 Å². The van der Waals surface area contributed by atoms with Crippen molar-refractivity contribution in [1.29, 1.82) is 0 Å². The molecule has 0 fully saturated rings. The first-order valence-electron chi connectivity index (χ1n) is 9.73. The molecule has 0 bridgehead atoms. The summed E-state index contributed by atoms with van der Waals surface area (Å²) < 4.78 is 0. The lowest BCUT2D eigenvalue weighted by molar-refractivity contribution is 0.242. The summed E-state index contributed by atoms with van der Waals surface area (Å²) >= 11 is 0. The van der Waals surface area contributed by atoms with E-state index in [-0.39, 0.29) is 0 Å². The average molecular weight is 362 g/mol. The number of pyridine rings is 2. The molecule has 0 atom stereocenters. The second-order valence-electron chi connectivity index (χ2n) is 7.08. The Labute approximate surface area is 164 Å². The first-order chi connectivity index (χ1) is 13.2. The van der Waals surface area contributed by atoms with Crippen LogP contribution in [-0.2, 0) is 19.6 Å². The minimum Gasteiger partial charge on any atom is -0.287 e. The Morgan fingerprint density at radius 3 is 1.59 bits per heavy atom. The van der Waals surface area contributed by atoms with E-state index in [1.807, 2.05) is 42.7 Å². The Hall–Kier alpha value is -2.52. The Bertz CT molecular complexity index is 629. The van der Waals surface area contributed by atoms with Crippen molar-refractivity contribution >= 4 is 0 Å². The number of rotatable bonds is 7. The van der Waals surface area contributed by atoms with Crippen LogP contribution in [0.15, 0.2) is 79.1 Å². The van der Waals surface area contributed by atoms with Crippen molar-refractivity contribution in [2.75, 3.05) is 0 Å². The third-order valence-electron chi connectivity index (χ3n) is 4.29. The molecule has 0 N–H and O–H groups in total. The van der Waals surface area contributed by atoms with Crippen LogP contribution in [0.4, 0.5) is 0 Å². The maximum Gasteiger partial charge on any atom is 0.0544 e. The molecule has 3 nitrogen and oxygen atoms in total. The molecule has 0 amide bonds. The fourth-order valence-corrected chi connectivity index (χ4v) is 2.45. The highest BCUT2D eigenvalue weighted by Gasteiger charge is 2.09. The molecule has 0 saturated heterocycles. The van der Waals surface area contributed by atoms with Crippen molar-refractivity contribution in [2.45, 2.75) is 46.8 Å². The van der Waals surface area contributed by atoms with Crippen molar-refractivity contribution < 1.29 is 0 Å². The summed E-state index contributed by atoms with van der Waals surface area (Å²) in [7, 11) is 0. The topological polar surface area (TPSA) is 29.0 Å². The van der Waals surface area contributed by atoms with Gasteiger partial charge in [0, 0.05) is 32.0 Å². The predicted molar refractivity (Wildman–Crippen MR) is 113 cm³/mol. The zero-order valence-electron chi connectivity index (χ0n) is 16.8. The van der Waals surface area contributed by atoms with Crippen LogP contribution in [0.2, 0.25) is 0 Å². The quantitative estimate of drug-likeness (QED) is 0.538. The lowest BCUT2D eigenvalue weighted by atomic mass is 10.2. The molecule has 0 aliphatic heterocycles. The molecule has 0 saturated carbocycles. The lowest BCUT2D eigenvalue weighted by Crippen LogP contribution is -2.23. The van der Waals surface area contributed by atoms with E-state index in [0.717, 1.165) is 36.9 Å². The van der Waals surface area contributed by atoms with Gasteiger partial charge in [-0.3, -0.25) is 14.9 Å². The molecule has 3 aromatic rings. The van der Waals surface area contributed by atoms with Gasteiger partial charge in [0.25, 0.3) is 0 Å². The zero-order valence-corrected chi connectivity index (χ0v) is 16.8. The van der Waals surface area contributed by atoms with Crippen LogP contribution in [0.1, 0.15) is 44.1 Å². The summed E-state index contributed by atoms with van der Waals surface area (Å²) in [6.45, 7) is 9.15. The molecule has 2 heterocycles. The fraction of sp³-hybridized carbons (Fsp3) is 0.333. The fourth-order valence-electron chi connectivity index (χ4n) is 2.45. The number of hydrogen-bond acceptors (Lipinski definition) is 3. The van der Waals surface area contributed by atoms with Crippen molar-refractivity contribution in [3.63, 3.8) is 0 Å². The molecule has 27 heavy (non-hydrogen) atoms. The molecule has 3 heteroatoms. The second kappa shape index (κ2) is 12.0. The van der Waals surface area contributed by atoms with Crippen molar-refractivity contribution in [1.82, 2.24) is 14.9 Å². The Morgan fingerprint density at radius 2 is 1.19 bits per heavy atom. The average Bonchev–Trinajstić information content (AvgIpc) is 2.71. The molecule has 142 valence electrons. The maximum atomic E-state index is 4.44. The van der Waals surface area contributed by atoms with Gasteiger partial charge in [-0.1, -0.05) is 69.7 Å². The van der Waals surface area contributed by atoms with Gasteiger partial charge in [-0.05, 0) is 35.7 Å². The van der Waals surface area contributed by atoms with Gasteiger partial charge in [0.1, 0.15) is 0 Å². The van der Waals surface area contributed by atoms with Crippen molar-refractivity contribution in [3.05, 3.63) is 96.1 Å². The highest BCUT2D eigenvalue weighted by Crippen LogP contribution is 2.11. The normalized spacial score (nSPS) is 10.6. The summed E-state index contributed by atoms with van der Waals surface area (Å²) in [6.07, 6.45) is 4.99. The highest BCUT2D eigenvalue weighted by molar-refractivity contribution is 5.15. The first kappa shape index (κ1) is 20.8. The zero-order chi connectivity index (χ0) is 19.3. The van der Waals surface area contributed by atoms with Gasteiger partial charge < -0.3 is 0 Å². The molecule has 2 aromatic heterocycles. The SMILES string of the molecule is CCC(C)C.c1ccc(CN(Cc2ccccn2)Cc2ccccn2)cc1. The minimum atomic E-state index is 0.812. The molecule has 0 radical (unpaired) electrons. The number of nitrogens with zero attached hydrogens (tertiary/aromatic N) is 3. The molecule has 0 aliphatic rings. The molecule has 3 rings (SSSR count). The minimum absolute atomic E-state index is 0.812. The van der Waals surface area contributed by atoms with E-state index in [1.54, 1.807) is 0 Å². The van der Waals surface area contributed by atoms with Gasteiger partial charge in [-0.25, -0.2) is 0 Å². The predicted octanol–water partition coefficient (Wildman–Crippen LogP) is 5.73. The maximum absolute atomic E-state index is 4.44. The van der Waals surface area contributed by atoms with Crippen LogP contribution < -0.4 is 0 Å². The Balaban J connectivity index is 0.000000465. The van der Waals surface area contributed by atoms with E-state index in [2.05, 4.69) is 72.0 Å². The summed E-state index contributed by atoms with van der Waals surface area (Å²) in [5.74, 6) is 0.884. The van der Waals surface area contributed by atoms with Crippen LogP contribution in [0, 0.1) is 5.92 Å². The summed E-state index contributed by atoms with van der Waals surface area (Å²) in [4.78, 5) is 11.2. The van der Waals surface area contributed by atoms with Gasteiger partial charge in [0.05, 0.1) is 11.4 Å². The standard InChI is InChI=1S/C19H19N3.C5H12/c1-2-8-17(9-3-1)14-22(15-18-10-4-6-12-20-18)16-19-11-5-7-13-21-19;1-4-5(2)3/h1-13H,14-16H2;5H,4H2,1-3H3. The van der Waals surface area contributed by atoms with Crippen molar-refractivity contribution in [3.8, 4) is 0 Å². The van der Waals surface area contributed by atoms with Gasteiger partial charge >= 0.3 is 0 Å². The second-order valence-corrected chi connectivity index (χ2v) is 7.08. The Morgan fingerprint density at radius 1 is 0.704 bits per heavy atom. The Kier molecular flexibility index (Phi) is 9.22. The molecule has 0 unspecified atom stereocenters. The lowest BCUT2D eigenvalue weighted by Gasteiger charge is -2.21. The van der Waals surface area contributed by atoms with Crippen LogP contribution in [-0.4, -0.2) is 14.9 Å². The molecule has 1 aromatic carbocycles. The van der Waals surface area contributed by atoms with Gasteiger partial charge in [-0.2, -0.15) is 0 Å². The van der Waals surface area contributed by atoms with Gasteiger partial charge in [0.2, 0.25) is 0 Å². The van der Waals surface area contributed by atoms with Crippen molar-refractivity contribution in [2.24, 2.45) is 5.92 Å². The molecular formula is C24H31N3. The largest absolute Gasteiger partial charge is 0.287 e. The summed E-state index contributed by atoms with van der Waals surface area (Å²) in [6, 6.07) is 22.6. The van der Waals surface area contributed by atoms with E-state index in [1.165, 1.54) is 12.0 Å². The molecule has 0 aliphatic carbocycles. The van der Waals surface area contributed by atoms with Crippen LogP contribution >= 0.6 is 0 Å². The third-order valence-corrected chi connectivity index (χ3v) is 4.29. The number of benzene rings is 1. The molecular weight excluding hydrogens is 330 g/mol. The van der Waals surface area contributed by atoms with Crippen LogP contribution in [0.3, 0.4) is 0 Å². The van der Waals surface area contributed by atoms with E-state index in [4.69, 9.17) is 0 Å². The highest BCUT2D eigenvalue weighted by atomic mass is 15.1. The van der Waals surface area contributed by atoms with E-state index < -0.39 is 0 Å². The number of hydrogen-bond donors (Lipinski definition) is 0. The first-order valence-corrected chi connectivity index (χ1v) is 9.73. The smallest absolute Gasteiger partial charge is 0.0544 e. The van der Waals surface area contributed by atoms with Gasteiger partial charge in [-0.15, -0.1) is 0 Å². The summed E-state index contributed by atoms with van der Waals surface area (Å²) in [5.41, 5.74) is 3.46. The third kappa shape index (κ3) is 8.61.